The molecule has 0 aliphatic rings. The topological polar surface area (TPSA) is 72.5 Å². The number of halogens is 3. The van der Waals surface area contributed by atoms with E-state index in [2.05, 4.69) is 4.74 Å². The van der Waals surface area contributed by atoms with Gasteiger partial charge in [0.25, 0.3) is 0 Å². The fraction of sp³-hybridized carbons (Fsp3) is 0.800. The van der Waals surface area contributed by atoms with Crippen LogP contribution in [0.1, 0.15) is 0 Å². The van der Waals surface area contributed by atoms with E-state index in [9.17, 15) is 18.0 Å². The van der Waals surface area contributed by atoms with Crippen molar-refractivity contribution < 1.29 is 27.8 Å². The average Bonchev–Trinajstić information content (AvgIpc) is 1.85. The van der Waals surface area contributed by atoms with Gasteiger partial charge >= 0.3 is 12.1 Å². The highest BCUT2D eigenvalue weighted by Gasteiger charge is 2.39. The van der Waals surface area contributed by atoms with Crippen molar-refractivity contribution in [3.8, 4) is 0 Å². The lowest BCUT2D eigenvalue weighted by Gasteiger charge is -2.17. The van der Waals surface area contributed by atoms with E-state index in [0.29, 0.717) is 0 Å². The molecule has 12 heavy (non-hydrogen) atoms. The maximum absolute atomic E-state index is 11.8. The molecule has 7 heteroatoms. The largest absolute Gasteiger partial charge is 0.480 e. The number of alkyl halides is 3. The maximum atomic E-state index is 11.8. The second kappa shape index (κ2) is 4.27. The number of aliphatic carboxylic acids is 1. The summed E-state index contributed by atoms with van der Waals surface area (Å²) in [6.45, 7) is -1.78. The summed E-state index contributed by atoms with van der Waals surface area (Å²) in [6.07, 6.45) is -6.81. The van der Waals surface area contributed by atoms with Gasteiger partial charge in [0.2, 0.25) is 0 Å². The lowest BCUT2D eigenvalue weighted by molar-refractivity contribution is -0.218. The summed E-state index contributed by atoms with van der Waals surface area (Å²) in [5.74, 6) is -1.46. The Hall–Kier alpha value is -0.820. The lowest BCUT2D eigenvalue weighted by atomic mass is 10.3. The first-order chi connectivity index (χ1) is 5.38. The monoisotopic (exact) mass is 187 g/mol. The van der Waals surface area contributed by atoms with E-state index in [1.165, 1.54) is 0 Å². The van der Waals surface area contributed by atoms with Gasteiger partial charge in [-0.2, -0.15) is 13.2 Å². The summed E-state index contributed by atoms with van der Waals surface area (Å²) in [6, 6.07) is 0. The van der Waals surface area contributed by atoms with E-state index >= 15 is 0 Å². The van der Waals surface area contributed by atoms with Gasteiger partial charge in [0.05, 0.1) is 0 Å². The lowest BCUT2D eigenvalue weighted by Crippen LogP contribution is -2.39. The molecule has 0 rings (SSSR count). The zero-order valence-electron chi connectivity index (χ0n) is 5.97. The average molecular weight is 187 g/mol. The van der Waals surface area contributed by atoms with E-state index in [0.717, 1.165) is 0 Å². The van der Waals surface area contributed by atoms with Crippen LogP contribution in [-0.2, 0) is 9.53 Å². The number of rotatable bonds is 4. The molecule has 4 nitrogen and oxygen atoms in total. The molecule has 0 aliphatic heterocycles. The van der Waals surface area contributed by atoms with E-state index in [1.54, 1.807) is 0 Å². The first-order valence-corrected chi connectivity index (χ1v) is 2.98. The molecular weight excluding hydrogens is 179 g/mol. The number of carboxylic acids is 1. The van der Waals surface area contributed by atoms with Crippen LogP contribution in [0.15, 0.2) is 0 Å². The zero-order valence-corrected chi connectivity index (χ0v) is 5.97. The molecular formula is C5H8F3NO3. The van der Waals surface area contributed by atoms with Crippen molar-refractivity contribution in [1.29, 1.82) is 0 Å². The number of ether oxygens (including phenoxy) is 1. The van der Waals surface area contributed by atoms with Crippen LogP contribution in [-0.4, -0.2) is 36.5 Å². The molecule has 72 valence electrons. The third-order valence-corrected chi connectivity index (χ3v) is 0.987. The Morgan fingerprint density at radius 2 is 2.08 bits per heavy atom. The Labute approximate surface area is 66.1 Å². The minimum atomic E-state index is -4.61. The molecule has 0 aliphatic carbocycles. The summed E-state index contributed by atoms with van der Waals surface area (Å²) in [5.41, 5.74) is 4.71. The molecule has 0 aromatic carbocycles. The van der Waals surface area contributed by atoms with Crippen molar-refractivity contribution >= 4 is 5.97 Å². The Bertz CT molecular complexity index is 159. The summed E-state index contributed by atoms with van der Waals surface area (Å²) in [7, 11) is 0. The van der Waals surface area contributed by atoms with Gasteiger partial charge < -0.3 is 15.6 Å². The smallest absolute Gasteiger partial charge is 0.415 e. The number of carboxylic acid groups (broad SMARTS) is 1. The highest BCUT2D eigenvalue weighted by atomic mass is 19.4. The van der Waals surface area contributed by atoms with Crippen LogP contribution < -0.4 is 5.73 Å². The van der Waals surface area contributed by atoms with Gasteiger partial charge in [0, 0.05) is 6.54 Å². The predicted molar refractivity (Wildman–Crippen MR) is 32.5 cm³/mol. The van der Waals surface area contributed by atoms with Gasteiger partial charge in [0.15, 0.2) is 6.10 Å². The second-order valence-electron chi connectivity index (χ2n) is 1.97. The number of nitrogens with two attached hydrogens (primary N) is 1. The van der Waals surface area contributed by atoms with Gasteiger partial charge in [-0.05, 0) is 0 Å². The highest BCUT2D eigenvalue weighted by molar-refractivity contribution is 5.68. The quantitative estimate of drug-likeness (QED) is 0.648. The van der Waals surface area contributed by atoms with Crippen molar-refractivity contribution in [3.63, 3.8) is 0 Å². The molecule has 0 aromatic rings. The molecule has 0 saturated carbocycles. The highest BCUT2D eigenvalue weighted by Crippen LogP contribution is 2.21. The van der Waals surface area contributed by atoms with Crippen molar-refractivity contribution in [3.05, 3.63) is 0 Å². The normalized spacial score (nSPS) is 14.3. The SMILES string of the molecule is NCC(OCC(=O)O)C(F)(F)F. The van der Waals surface area contributed by atoms with E-state index in [1.807, 2.05) is 0 Å². The van der Waals surface area contributed by atoms with Crippen LogP contribution >= 0.6 is 0 Å². The minimum absolute atomic E-state index is 0.781. The van der Waals surface area contributed by atoms with Crippen molar-refractivity contribution in [2.45, 2.75) is 12.3 Å². The molecule has 0 bridgehead atoms. The van der Waals surface area contributed by atoms with E-state index in [4.69, 9.17) is 10.8 Å². The number of hydrogen-bond donors (Lipinski definition) is 2. The predicted octanol–water partition coefficient (Wildman–Crippen LogP) is -0.0228. The van der Waals surface area contributed by atoms with Crippen molar-refractivity contribution in [1.82, 2.24) is 0 Å². The van der Waals surface area contributed by atoms with Crippen LogP contribution in [0, 0.1) is 0 Å². The van der Waals surface area contributed by atoms with Crippen LogP contribution in [0.2, 0.25) is 0 Å². The Balaban J connectivity index is 3.92. The first-order valence-electron chi connectivity index (χ1n) is 2.98. The third-order valence-electron chi connectivity index (χ3n) is 0.987. The Morgan fingerprint density at radius 1 is 1.58 bits per heavy atom. The maximum Gasteiger partial charge on any atom is 0.415 e. The zero-order chi connectivity index (χ0) is 9.78. The summed E-state index contributed by atoms with van der Waals surface area (Å²) >= 11 is 0. The Kier molecular flexibility index (Phi) is 3.98. The van der Waals surface area contributed by atoms with Crippen LogP contribution in [0.25, 0.3) is 0 Å². The summed E-state index contributed by atoms with van der Waals surface area (Å²) in [5, 5.41) is 7.99. The first kappa shape index (κ1) is 11.2. The number of carbonyl (C=O) groups is 1. The van der Waals surface area contributed by atoms with Crippen LogP contribution in [0.4, 0.5) is 13.2 Å². The van der Waals surface area contributed by atoms with Gasteiger partial charge in [0.1, 0.15) is 6.61 Å². The van der Waals surface area contributed by atoms with Crippen molar-refractivity contribution in [2.75, 3.05) is 13.2 Å². The van der Waals surface area contributed by atoms with Gasteiger partial charge in [-0.25, -0.2) is 4.79 Å². The molecule has 0 fully saturated rings. The molecule has 1 unspecified atom stereocenters. The van der Waals surface area contributed by atoms with Gasteiger partial charge in [-0.1, -0.05) is 0 Å². The van der Waals surface area contributed by atoms with Crippen LogP contribution in [0.3, 0.4) is 0 Å². The molecule has 0 aromatic heterocycles. The van der Waals surface area contributed by atoms with Crippen molar-refractivity contribution in [2.24, 2.45) is 5.73 Å². The van der Waals surface area contributed by atoms with Gasteiger partial charge in [-0.15, -0.1) is 0 Å². The molecule has 0 spiro atoms. The second-order valence-corrected chi connectivity index (χ2v) is 1.97. The Morgan fingerprint density at radius 3 is 2.33 bits per heavy atom. The molecule has 1 atom stereocenters. The van der Waals surface area contributed by atoms with E-state index in [-0.39, 0.29) is 0 Å². The fourth-order valence-electron chi connectivity index (χ4n) is 0.468. The summed E-state index contributed by atoms with van der Waals surface area (Å²) in [4.78, 5) is 9.81. The molecule has 0 heterocycles. The van der Waals surface area contributed by atoms with E-state index < -0.39 is 31.4 Å². The molecule has 0 saturated heterocycles. The fourth-order valence-corrected chi connectivity index (χ4v) is 0.468. The standard InChI is InChI=1S/C5H8F3NO3/c6-5(7,8)3(1-9)12-2-4(10)11/h3H,1-2,9H2,(H,10,11). The molecule has 0 radical (unpaired) electrons. The molecule has 0 amide bonds. The third kappa shape index (κ3) is 4.14. The van der Waals surface area contributed by atoms with Crippen LogP contribution in [0.5, 0.6) is 0 Å². The number of hydrogen-bond acceptors (Lipinski definition) is 3. The molecule has 3 N–H and O–H groups in total. The minimum Gasteiger partial charge on any atom is -0.480 e. The van der Waals surface area contributed by atoms with Gasteiger partial charge in [-0.3, -0.25) is 0 Å². The summed E-state index contributed by atoms with van der Waals surface area (Å²) < 4.78 is 39.3.